The van der Waals surface area contributed by atoms with Crippen molar-refractivity contribution in [2.45, 2.75) is 31.3 Å². The summed E-state index contributed by atoms with van der Waals surface area (Å²) in [6.45, 7) is 5.07. The predicted octanol–water partition coefficient (Wildman–Crippen LogP) is 1.94. The largest absolute Gasteiger partial charge is 0.443 e. The Morgan fingerprint density at radius 1 is 1.13 bits per heavy atom. The second kappa shape index (κ2) is 9.33. The molecule has 2 aromatic rings. The molecule has 0 saturated carbocycles. The van der Waals surface area contributed by atoms with E-state index in [9.17, 15) is 22.6 Å². The highest BCUT2D eigenvalue weighted by Gasteiger charge is 2.17. The molecule has 160 valence electrons. The van der Waals surface area contributed by atoms with Crippen LogP contribution in [0.4, 0.5) is 10.6 Å². The van der Waals surface area contributed by atoms with Crippen molar-refractivity contribution in [3.63, 3.8) is 0 Å². The van der Waals surface area contributed by atoms with Crippen molar-refractivity contribution in [2.75, 3.05) is 5.43 Å². The molecule has 0 fully saturated rings. The van der Waals surface area contributed by atoms with Gasteiger partial charge < -0.3 is 4.74 Å². The van der Waals surface area contributed by atoms with Gasteiger partial charge >= 0.3 is 6.09 Å². The molecule has 2 rings (SSSR count). The normalized spacial score (nSPS) is 11.7. The van der Waals surface area contributed by atoms with E-state index in [0.717, 1.165) is 0 Å². The Kier molecular flexibility index (Phi) is 7.08. The third kappa shape index (κ3) is 7.14. The molecule has 1 aromatic heterocycles. The average molecular weight is 435 g/mol. The number of nitrogens with zero attached hydrogens (tertiary/aromatic N) is 2. The Hall–Kier alpha value is -3.51. The SMILES string of the molecule is CC(C)(C)OC(=O)NNC(=O)c1ccc(N/N=C\c2ccccc2S(=O)(=O)O)nc1. The summed E-state index contributed by atoms with van der Waals surface area (Å²) >= 11 is 0. The van der Waals surface area contributed by atoms with Crippen LogP contribution in [0.5, 0.6) is 0 Å². The van der Waals surface area contributed by atoms with E-state index in [1.165, 1.54) is 42.7 Å². The van der Waals surface area contributed by atoms with Crippen LogP contribution in [-0.4, -0.2) is 41.8 Å². The summed E-state index contributed by atoms with van der Waals surface area (Å²) in [5, 5.41) is 3.87. The van der Waals surface area contributed by atoms with Gasteiger partial charge in [0.05, 0.1) is 11.8 Å². The molecule has 0 unspecified atom stereocenters. The Morgan fingerprint density at radius 2 is 1.83 bits per heavy atom. The highest BCUT2D eigenvalue weighted by Crippen LogP contribution is 2.13. The van der Waals surface area contributed by atoms with Crippen LogP contribution < -0.4 is 16.3 Å². The minimum atomic E-state index is -4.38. The molecule has 2 amide bonds. The first-order valence-corrected chi connectivity index (χ1v) is 10.0. The van der Waals surface area contributed by atoms with E-state index in [0.29, 0.717) is 0 Å². The lowest BCUT2D eigenvalue weighted by Crippen LogP contribution is -2.44. The average Bonchev–Trinajstić information content (AvgIpc) is 2.65. The fraction of sp³-hybridized carbons (Fsp3) is 0.222. The van der Waals surface area contributed by atoms with Gasteiger partial charge in [-0.25, -0.2) is 15.2 Å². The molecule has 0 aliphatic rings. The van der Waals surface area contributed by atoms with Gasteiger partial charge in [-0.15, -0.1) is 0 Å². The molecule has 4 N–H and O–H groups in total. The summed E-state index contributed by atoms with van der Waals surface area (Å²) in [6, 6.07) is 8.65. The number of hydrogen-bond donors (Lipinski definition) is 4. The van der Waals surface area contributed by atoms with E-state index >= 15 is 0 Å². The predicted molar refractivity (Wildman–Crippen MR) is 109 cm³/mol. The number of carbonyl (C=O) groups excluding carboxylic acids is 2. The summed E-state index contributed by atoms with van der Waals surface area (Å²) in [4.78, 5) is 27.2. The molecule has 0 spiro atoms. The molecule has 11 nitrogen and oxygen atoms in total. The quantitative estimate of drug-likeness (QED) is 0.315. The number of hydrazine groups is 1. The van der Waals surface area contributed by atoms with Crippen molar-refractivity contribution in [1.29, 1.82) is 0 Å². The monoisotopic (exact) mass is 435 g/mol. The number of hydrogen-bond acceptors (Lipinski definition) is 8. The molecular formula is C18H21N5O6S. The van der Waals surface area contributed by atoms with Crippen LogP contribution in [0, 0.1) is 0 Å². The van der Waals surface area contributed by atoms with E-state index in [1.54, 1.807) is 26.8 Å². The summed E-state index contributed by atoms with van der Waals surface area (Å²) in [5.41, 5.74) is 6.53. The number of amides is 2. The second-order valence-corrected chi connectivity index (χ2v) is 8.29. The molecule has 0 aliphatic heterocycles. The summed E-state index contributed by atoms with van der Waals surface area (Å²) in [7, 11) is -4.38. The minimum absolute atomic E-state index is 0.164. The maximum atomic E-state index is 12.0. The first-order chi connectivity index (χ1) is 14.0. The number of rotatable bonds is 5. The fourth-order valence-electron chi connectivity index (χ4n) is 2.07. The Bertz CT molecular complexity index is 1050. The minimum Gasteiger partial charge on any atom is -0.443 e. The maximum Gasteiger partial charge on any atom is 0.426 e. The first kappa shape index (κ1) is 22.8. The molecule has 0 saturated heterocycles. The highest BCUT2D eigenvalue weighted by molar-refractivity contribution is 7.86. The van der Waals surface area contributed by atoms with Gasteiger partial charge in [0.15, 0.2) is 0 Å². The van der Waals surface area contributed by atoms with E-state index in [1.807, 2.05) is 0 Å². The number of nitrogens with one attached hydrogen (secondary N) is 3. The second-order valence-electron chi connectivity index (χ2n) is 6.90. The summed E-state index contributed by atoms with van der Waals surface area (Å²) in [6.07, 6.45) is 1.65. The zero-order valence-electron chi connectivity index (χ0n) is 16.4. The number of ether oxygens (including phenoxy) is 1. The molecule has 0 aliphatic carbocycles. The fourth-order valence-corrected chi connectivity index (χ4v) is 2.74. The van der Waals surface area contributed by atoms with E-state index < -0.39 is 27.7 Å². The Balaban J connectivity index is 1.95. The third-order valence-corrected chi connectivity index (χ3v) is 4.21. The molecular weight excluding hydrogens is 414 g/mol. The molecule has 1 aromatic carbocycles. The van der Waals surface area contributed by atoms with Crippen molar-refractivity contribution < 1.29 is 27.3 Å². The molecule has 12 heteroatoms. The van der Waals surface area contributed by atoms with Gasteiger partial charge in [0.2, 0.25) is 0 Å². The van der Waals surface area contributed by atoms with E-state index in [2.05, 4.69) is 26.4 Å². The van der Waals surface area contributed by atoms with Crippen molar-refractivity contribution in [3.8, 4) is 0 Å². The number of carbonyl (C=O) groups is 2. The van der Waals surface area contributed by atoms with E-state index in [-0.39, 0.29) is 21.8 Å². The van der Waals surface area contributed by atoms with Crippen molar-refractivity contribution in [3.05, 3.63) is 53.7 Å². The van der Waals surface area contributed by atoms with Crippen molar-refractivity contribution in [2.24, 2.45) is 5.10 Å². The van der Waals surface area contributed by atoms with Gasteiger partial charge in [0, 0.05) is 11.8 Å². The number of hydrazone groups is 1. The van der Waals surface area contributed by atoms with Gasteiger partial charge in [-0.2, -0.15) is 13.5 Å². The van der Waals surface area contributed by atoms with Gasteiger partial charge in [-0.1, -0.05) is 18.2 Å². The zero-order chi connectivity index (χ0) is 22.4. The number of benzene rings is 1. The third-order valence-electron chi connectivity index (χ3n) is 3.28. The lowest BCUT2D eigenvalue weighted by atomic mass is 10.2. The Labute approximate surface area is 173 Å². The lowest BCUT2D eigenvalue weighted by molar-refractivity contribution is 0.0483. The van der Waals surface area contributed by atoms with Crippen LogP contribution in [0.3, 0.4) is 0 Å². The van der Waals surface area contributed by atoms with Crippen LogP contribution in [0.1, 0.15) is 36.7 Å². The number of aromatic nitrogens is 1. The lowest BCUT2D eigenvalue weighted by Gasteiger charge is -2.19. The van der Waals surface area contributed by atoms with Crippen molar-refractivity contribution >= 4 is 34.2 Å². The van der Waals surface area contributed by atoms with Gasteiger partial charge in [0.25, 0.3) is 16.0 Å². The summed E-state index contributed by atoms with van der Waals surface area (Å²) < 4.78 is 36.9. The molecule has 0 radical (unpaired) electrons. The van der Waals surface area contributed by atoms with Crippen LogP contribution in [0.25, 0.3) is 0 Å². The van der Waals surface area contributed by atoms with Crippen LogP contribution in [0.2, 0.25) is 0 Å². The number of anilines is 1. The molecule has 0 bridgehead atoms. The van der Waals surface area contributed by atoms with Crippen LogP contribution >= 0.6 is 0 Å². The molecule has 0 atom stereocenters. The van der Waals surface area contributed by atoms with Gasteiger partial charge in [-0.3, -0.25) is 20.2 Å². The summed E-state index contributed by atoms with van der Waals surface area (Å²) in [5.74, 6) is -0.335. The van der Waals surface area contributed by atoms with Gasteiger partial charge in [0.1, 0.15) is 16.3 Å². The first-order valence-electron chi connectivity index (χ1n) is 8.57. The standard InChI is InChI=1S/C18H21N5O6S/c1-18(2,3)29-17(25)23-22-16(24)13-8-9-15(19-10-13)21-20-11-12-6-4-5-7-14(12)30(26,27)28/h4-11H,1-3H3,(H,19,21)(H,22,24)(H,23,25)(H,26,27,28)/b20-11-. The number of pyridine rings is 1. The van der Waals surface area contributed by atoms with Crippen molar-refractivity contribution in [1.82, 2.24) is 15.8 Å². The highest BCUT2D eigenvalue weighted by atomic mass is 32.2. The zero-order valence-corrected chi connectivity index (χ0v) is 17.2. The maximum absolute atomic E-state index is 12.0. The van der Waals surface area contributed by atoms with Crippen LogP contribution in [-0.2, 0) is 14.9 Å². The molecule has 30 heavy (non-hydrogen) atoms. The Morgan fingerprint density at radius 3 is 2.43 bits per heavy atom. The van der Waals surface area contributed by atoms with E-state index in [4.69, 9.17) is 4.74 Å². The van der Waals surface area contributed by atoms with Gasteiger partial charge in [-0.05, 0) is 39.0 Å². The molecule has 1 heterocycles. The van der Waals surface area contributed by atoms with Crippen LogP contribution in [0.15, 0.2) is 52.6 Å². The smallest absolute Gasteiger partial charge is 0.426 e. The topological polar surface area (TPSA) is 159 Å².